The Morgan fingerprint density at radius 1 is 1.44 bits per heavy atom. The first-order valence-electron chi connectivity index (χ1n) is 5.94. The minimum Gasteiger partial charge on any atom is -0.212 e. The Balaban J connectivity index is 1.66. The highest BCUT2D eigenvalue weighted by molar-refractivity contribution is 7.89. The summed E-state index contributed by atoms with van der Waals surface area (Å²) in [4.78, 5) is 0. The van der Waals surface area contributed by atoms with Crippen molar-refractivity contribution in [3.63, 3.8) is 0 Å². The molecule has 2 atom stereocenters. The SMILES string of the molecule is C=C=CCNS(=O)(=O)CC[C@@H]1C[C@H]1C1CC1. The summed E-state index contributed by atoms with van der Waals surface area (Å²) in [5.74, 6) is 2.73. The second kappa shape index (κ2) is 4.74. The standard InChI is InChI=1S/C12H19NO2S/c1-2-3-7-13-16(14,15)8-6-11-9-12(11)10-4-5-10/h3,10-13H,1,4-9H2/t11-,12+/m1/s1. The van der Waals surface area contributed by atoms with Crippen LogP contribution in [0.2, 0.25) is 0 Å². The summed E-state index contributed by atoms with van der Waals surface area (Å²) in [6.45, 7) is 3.69. The third-order valence-corrected chi connectivity index (χ3v) is 4.89. The third kappa shape index (κ3) is 3.48. The first-order valence-corrected chi connectivity index (χ1v) is 7.59. The number of hydrogen-bond acceptors (Lipinski definition) is 2. The monoisotopic (exact) mass is 241 g/mol. The predicted octanol–water partition coefficient (Wildman–Crippen LogP) is 1.68. The second-order valence-electron chi connectivity index (χ2n) is 4.86. The van der Waals surface area contributed by atoms with Gasteiger partial charge in [0, 0.05) is 6.54 Å². The topological polar surface area (TPSA) is 46.2 Å². The molecule has 0 heterocycles. The Kier molecular flexibility index (Phi) is 3.53. The van der Waals surface area contributed by atoms with Gasteiger partial charge in [-0.1, -0.05) is 6.58 Å². The molecule has 3 nitrogen and oxygen atoms in total. The molecule has 1 N–H and O–H groups in total. The fourth-order valence-electron chi connectivity index (χ4n) is 2.32. The van der Waals surface area contributed by atoms with Crippen LogP contribution >= 0.6 is 0 Å². The van der Waals surface area contributed by atoms with Crippen molar-refractivity contribution in [1.82, 2.24) is 4.72 Å². The van der Waals surface area contributed by atoms with E-state index >= 15 is 0 Å². The maximum Gasteiger partial charge on any atom is 0.211 e. The van der Waals surface area contributed by atoms with Crippen molar-refractivity contribution in [1.29, 1.82) is 0 Å². The van der Waals surface area contributed by atoms with Crippen molar-refractivity contribution in [2.75, 3.05) is 12.3 Å². The minimum absolute atomic E-state index is 0.270. The zero-order chi connectivity index (χ0) is 11.6. The van der Waals surface area contributed by atoms with E-state index in [1.54, 1.807) is 6.08 Å². The second-order valence-corrected chi connectivity index (χ2v) is 6.79. The number of hydrogen-bond donors (Lipinski definition) is 1. The van der Waals surface area contributed by atoms with Gasteiger partial charge in [0.05, 0.1) is 5.75 Å². The molecule has 2 rings (SSSR count). The molecule has 2 fully saturated rings. The smallest absolute Gasteiger partial charge is 0.211 e. The van der Waals surface area contributed by atoms with Crippen LogP contribution in [0, 0.1) is 17.8 Å². The van der Waals surface area contributed by atoms with E-state index in [1.807, 2.05) is 0 Å². The van der Waals surface area contributed by atoms with E-state index in [0.717, 1.165) is 18.3 Å². The molecule has 2 aliphatic carbocycles. The van der Waals surface area contributed by atoms with Gasteiger partial charge in [0.2, 0.25) is 10.0 Å². The highest BCUT2D eigenvalue weighted by Gasteiger charge is 2.46. The van der Waals surface area contributed by atoms with Gasteiger partial charge >= 0.3 is 0 Å². The van der Waals surface area contributed by atoms with E-state index in [1.165, 1.54) is 19.3 Å². The van der Waals surface area contributed by atoms with Gasteiger partial charge in [-0.3, -0.25) is 0 Å². The Bertz CT molecular complexity index is 391. The van der Waals surface area contributed by atoms with Gasteiger partial charge in [0.1, 0.15) is 0 Å². The highest BCUT2D eigenvalue weighted by atomic mass is 32.2. The summed E-state index contributed by atoms with van der Waals surface area (Å²) < 4.78 is 25.6. The van der Waals surface area contributed by atoms with Crippen molar-refractivity contribution in [3.8, 4) is 0 Å². The summed E-state index contributed by atoms with van der Waals surface area (Å²) in [7, 11) is -3.09. The fraction of sp³-hybridized carbons (Fsp3) is 0.750. The fourth-order valence-corrected chi connectivity index (χ4v) is 3.42. The molecule has 0 aromatic carbocycles. The molecular weight excluding hydrogens is 222 g/mol. The number of rotatable bonds is 7. The molecule has 0 bridgehead atoms. The Morgan fingerprint density at radius 2 is 2.19 bits per heavy atom. The van der Waals surface area contributed by atoms with Crippen LogP contribution in [0.3, 0.4) is 0 Å². The molecular formula is C12H19NO2S. The number of sulfonamides is 1. The molecule has 0 aliphatic heterocycles. The summed E-state index contributed by atoms with van der Waals surface area (Å²) in [6, 6.07) is 0. The largest absolute Gasteiger partial charge is 0.212 e. The molecule has 16 heavy (non-hydrogen) atoms. The lowest BCUT2D eigenvalue weighted by atomic mass is 10.2. The molecule has 2 aliphatic rings. The Labute approximate surface area is 97.7 Å². The summed E-state index contributed by atoms with van der Waals surface area (Å²) in [6.07, 6.45) is 6.41. The molecule has 0 amide bonds. The zero-order valence-electron chi connectivity index (χ0n) is 9.48. The van der Waals surface area contributed by atoms with E-state index in [-0.39, 0.29) is 5.75 Å². The maximum absolute atomic E-state index is 11.6. The van der Waals surface area contributed by atoms with Crippen LogP contribution in [-0.4, -0.2) is 20.7 Å². The normalized spacial score (nSPS) is 28.5. The first kappa shape index (κ1) is 11.9. The van der Waals surface area contributed by atoms with Crippen LogP contribution in [0.1, 0.15) is 25.7 Å². The van der Waals surface area contributed by atoms with Crippen LogP contribution in [0.15, 0.2) is 18.4 Å². The van der Waals surface area contributed by atoms with Crippen LogP contribution in [0.4, 0.5) is 0 Å². The van der Waals surface area contributed by atoms with E-state index in [0.29, 0.717) is 12.5 Å². The van der Waals surface area contributed by atoms with E-state index in [2.05, 4.69) is 17.0 Å². The molecule has 90 valence electrons. The lowest BCUT2D eigenvalue weighted by Crippen LogP contribution is -2.26. The minimum atomic E-state index is -3.09. The van der Waals surface area contributed by atoms with Gasteiger partial charge in [0.15, 0.2) is 0 Å². The van der Waals surface area contributed by atoms with E-state index in [9.17, 15) is 8.42 Å². The van der Waals surface area contributed by atoms with Crippen molar-refractivity contribution < 1.29 is 8.42 Å². The van der Waals surface area contributed by atoms with Crippen LogP contribution in [-0.2, 0) is 10.0 Å². The van der Waals surface area contributed by atoms with Gasteiger partial charge in [-0.15, -0.1) is 5.73 Å². The van der Waals surface area contributed by atoms with E-state index < -0.39 is 10.0 Å². The predicted molar refractivity (Wildman–Crippen MR) is 64.4 cm³/mol. The lowest BCUT2D eigenvalue weighted by Gasteiger charge is -2.03. The van der Waals surface area contributed by atoms with Crippen molar-refractivity contribution in [3.05, 3.63) is 18.4 Å². The Morgan fingerprint density at radius 3 is 2.81 bits per heavy atom. The molecule has 0 aromatic rings. The summed E-state index contributed by atoms with van der Waals surface area (Å²) >= 11 is 0. The highest BCUT2D eigenvalue weighted by Crippen LogP contribution is 2.55. The average molecular weight is 241 g/mol. The molecule has 2 saturated carbocycles. The molecule has 0 saturated heterocycles. The van der Waals surface area contributed by atoms with Crippen LogP contribution in [0.5, 0.6) is 0 Å². The molecule has 0 spiro atoms. The van der Waals surface area contributed by atoms with Gasteiger partial charge in [-0.2, -0.15) is 0 Å². The zero-order valence-corrected chi connectivity index (χ0v) is 10.3. The van der Waals surface area contributed by atoms with Gasteiger partial charge in [-0.05, 0) is 49.5 Å². The van der Waals surface area contributed by atoms with Crippen molar-refractivity contribution >= 4 is 10.0 Å². The van der Waals surface area contributed by atoms with Gasteiger partial charge in [-0.25, -0.2) is 13.1 Å². The van der Waals surface area contributed by atoms with E-state index in [4.69, 9.17) is 0 Å². The first-order chi connectivity index (χ1) is 7.62. The molecule has 0 unspecified atom stereocenters. The number of nitrogens with one attached hydrogen (secondary N) is 1. The quantitative estimate of drug-likeness (QED) is 0.689. The average Bonchev–Trinajstić information content (AvgIpc) is 3.08. The molecule has 4 heteroatoms. The lowest BCUT2D eigenvalue weighted by molar-refractivity contribution is 0.570. The maximum atomic E-state index is 11.6. The molecule has 0 aromatic heterocycles. The van der Waals surface area contributed by atoms with Crippen LogP contribution < -0.4 is 4.72 Å². The van der Waals surface area contributed by atoms with Crippen LogP contribution in [0.25, 0.3) is 0 Å². The summed E-state index contributed by atoms with van der Waals surface area (Å²) in [5.41, 5.74) is 2.55. The summed E-state index contributed by atoms with van der Waals surface area (Å²) in [5, 5.41) is 0. The Hall–Kier alpha value is -0.570. The van der Waals surface area contributed by atoms with Crippen molar-refractivity contribution in [2.24, 2.45) is 17.8 Å². The van der Waals surface area contributed by atoms with Gasteiger partial charge in [0.25, 0.3) is 0 Å². The van der Waals surface area contributed by atoms with Crippen molar-refractivity contribution in [2.45, 2.75) is 25.7 Å². The van der Waals surface area contributed by atoms with Gasteiger partial charge < -0.3 is 0 Å². The third-order valence-electron chi connectivity index (χ3n) is 3.51. The molecule has 0 radical (unpaired) electrons.